The Morgan fingerprint density at radius 1 is 1.37 bits per heavy atom. The topological polar surface area (TPSA) is 92.4 Å². The fourth-order valence-electron chi connectivity index (χ4n) is 1.85. The van der Waals surface area contributed by atoms with Crippen LogP contribution in [0.5, 0.6) is 0 Å². The van der Waals surface area contributed by atoms with Gasteiger partial charge in [-0.1, -0.05) is 18.2 Å². The zero-order valence-electron chi connectivity index (χ0n) is 10.4. The first-order valence-electron chi connectivity index (χ1n) is 5.92. The minimum atomic E-state index is -1.18. The second kappa shape index (κ2) is 5.19. The Kier molecular flexibility index (Phi) is 3.62. The number of aliphatic hydroxyl groups excluding tert-OH is 1. The van der Waals surface area contributed by atoms with Crippen LogP contribution in [0.25, 0.3) is 10.8 Å². The first-order chi connectivity index (χ1) is 9.00. The van der Waals surface area contributed by atoms with Crippen molar-refractivity contribution in [3.63, 3.8) is 0 Å². The molecule has 0 amide bonds. The Balaban J connectivity index is 2.63. The van der Waals surface area contributed by atoms with Gasteiger partial charge in [0, 0.05) is 11.9 Å². The van der Waals surface area contributed by atoms with Gasteiger partial charge in [-0.3, -0.25) is 4.79 Å². The number of carboxylic acids is 1. The normalized spacial score (nSPS) is 12.5. The molecule has 1 atom stereocenters. The second-order valence-corrected chi connectivity index (χ2v) is 4.37. The summed E-state index contributed by atoms with van der Waals surface area (Å²) in [6.45, 7) is 1.78. The first kappa shape index (κ1) is 13.2. The van der Waals surface area contributed by atoms with Crippen molar-refractivity contribution in [3.8, 4) is 0 Å². The molecule has 19 heavy (non-hydrogen) atoms. The van der Waals surface area contributed by atoms with Gasteiger partial charge in [-0.15, -0.1) is 0 Å². The monoisotopic (exact) mass is 262 g/mol. The van der Waals surface area contributed by atoms with Crippen LogP contribution in [0.2, 0.25) is 0 Å². The van der Waals surface area contributed by atoms with Crippen LogP contribution in [-0.2, 0) is 6.54 Å². The van der Waals surface area contributed by atoms with Crippen LogP contribution >= 0.6 is 0 Å². The average Bonchev–Trinajstić information content (AvgIpc) is 2.37. The van der Waals surface area contributed by atoms with Gasteiger partial charge >= 0.3 is 5.97 Å². The highest BCUT2D eigenvalue weighted by molar-refractivity contribution is 6.01. The molecule has 1 heterocycles. The van der Waals surface area contributed by atoms with Crippen molar-refractivity contribution in [3.05, 3.63) is 40.3 Å². The number of fused-ring (bicyclic) bond motifs is 1. The van der Waals surface area contributed by atoms with Gasteiger partial charge in [0.25, 0.3) is 5.56 Å². The lowest BCUT2D eigenvalue weighted by atomic mass is 10.1. The summed E-state index contributed by atoms with van der Waals surface area (Å²) in [5, 5.41) is 22.9. The number of aromatic nitrogens is 2. The van der Waals surface area contributed by atoms with Crippen LogP contribution in [0.15, 0.2) is 29.1 Å². The van der Waals surface area contributed by atoms with Crippen LogP contribution in [0.4, 0.5) is 0 Å². The summed E-state index contributed by atoms with van der Waals surface area (Å²) in [5.41, 5.74) is -0.498. The molecular weight excluding hydrogens is 248 g/mol. The fraction of sp³-hybridized carbons (Fsp3) is 0.308. The van der Waals surface area contributed by atoms with Crippen LogP contribution in [0, 0.1) is 0 Å². The zero-order valence-corrected chi connectivity index (χ0v) is 10.4. The molecule has 0 aliphatic rings. The number of nitrogens with zero attached hydrogens (tertiary/aromatic N) is 2. The molecule has 2 N–H and O–H groups in total. The molecule has 0 spiro atoms. The summed E-state index contributed by atoms with van der Waals surface area (Å²) in [7, 11) is 0. The van der Waals surface area contributed by atoms with E-state index in [4.69, 9.17) is 5.11 Å². The Labute approximate surface area is 108 Å². The SMILES string of the molecule is CC(O)CCn1nc(C(=O)O)c2ccccc2c1=O. The number of hydrogen-bond acceptors (Lipinski definition) is 4. The lowest BCUT2D eigenvalue weighted by Crippen LogP contribution is -2.27. The largest absolute Gasteiger partial charge is 0.476 e. The fourth-order valence-corrected chi connectivity index (χ4v) is 1.85. The number of hydrogen-bond donors (Lipinski definition) is 2. The van der Waals surface area contributed by atoms with E-state index in [1.807, 2.05) is 0 Å². The molecule has 0 saturated heterocycles. The van der Waals surface area contributed by atoms with Gasteiger partial charge in [-0.2, -0.15) is 5.10 Å². The van der Waals surface area contributed by atoms with Gasteiger partial charge in [-0.05, 0) is 19.4 Å². The summed E-state index contributed by atoms with van der Waals surface area (Å²) in [6.07, 6.45) is -0.238. The summed E-state index contributed by atoms with van der Waals surface area (Å²) in [4.78, 5) is 23.3. The van der Waals surface area contributed by atoms with E-state index >= 15 is 0 Å². The van der Waals surface area contributed by atoms with E-state index in [-0.39, 0.29) is 17.8 Å². The van der Waals surface area contributed by atoms with E-state index < -0.39 is 12.1 Å². The predicted octanol–water partition coefficient (Wildman–Crippen LogP) is 0.866. The molecule has 1 unspecified atom stereocenters. The molecule has 1 aromatic heterocycles. The summed E-state index contributed by atoms with van der Waals surface area (Å²) >= 11 is 0. The maximum absolute atomic E-state index is 12.1. The minimum Gasteiger partial charge on any atom is -0.476 e. The minimum absolute atomic E-state index is 0.152. The lowest BCUT2D eigenvalue weighted by Gasteiger charge is -2.09. The van der Waals surface area contributed by atoms with E-state index in [0.717, 1.165) is 4.68 Å². The first-order valence-corrected chi connectivity index (χ1v) is 5.92. The smallest absolute Gasteiger partial charge is 0.357 e. The summed E-state index contributed by atoms with van der Waals surface area (Å²) < 4.78 is 1.10. The van der Waals surface area contributed by atoms with Gasteiger partial charge in [0.2, 0.25) is 0 Å². The molecule has 0 bridgehead atoms. The molecule has 100 valence electrons. The van der Waals surface area contributed by atoms with Gasteiger partial charge in [0.05, 0.1) is 11.5 Å². The number of aryl methyl sites for hydroxylation is 1. The van der Waals surface area contributed by atoms with Crippen molar-refractivity contribution < 1.29 is 15.0 Å². The third-order valence-electron chi connectivity index (χ3n) is 2.83. The quantitative estimate of drug-likeness (QED) is 0.852. The molecular formula is C13H14N2O4. The molecule has 0 saturated carbocycles. The third kappa shape index (κ3) is 2.63. The Morgan fingerprint density at radius 2 is 2.00 bits per heavy atom. The Hall–Kier alpha value is -2.21. The number of rotatable bonds is 4. The molecule has 1 aromatic carbocycles. The van der Waals surface area contributed by atoms with Gasteiger partial charge < -0.3 is 10.2 Å². The maximum Gasteiger partial charge on any atom is 0.357 e. The molecule has 6 nitrogen and oxygen atoms in total. The van der Waals surface area contributed by atoms with Crippen molar-refractivity contribution in [1.29, 1.82) is 0 Å². The molecule has 0 radical (unpaired) electrons. The molecule has 0 aliphatic carbocycles. The number of carboxylic acid groups (broad SMARTS) is 1. The number of carbonyl (C=O) groups is 1. The summed E-state index contributed by atoms with van der Waals surface area (Å²) in [5.74, 6) is -1.18. The molecule has 2 aromatic rings. The Morgan fingerprint density at radius 3 is 2.58 bits per heavy atom. The van der Waals surface area contributed by atoms with Gasteiger partial charge in [-0.25, -0.2) is 9.48 Å². The number of aromatic carboxylic acids is 1. The number of benzene rings is 1. The maximum atomic E-state index is 12.1. The Bertz CT molecular complexity index is 676. The van der Waals surface area contributed by atoms with Crippen LogP contribution in [-0.4, -0.2) is 32.1 Å². The second-order valence-electron chi connectivity index (χ2n) is 4.37. The van der Waals surface area contributed by atoms with Crippen molar-refractivity contribution in [2.24, 2.45) is 0 Å². The van der Waals surface area contributed by atoms with Crippen molar-refractivity contribution >= 4 is 16.7 Å². The standard InChI is InChI=1S/C13H14N2O4/c1-8(16)6-7-15-12(17)10-5-3-2-4-9(10)11(14-15)13(18)19/h2-5,8,16H,6-7H2,1H3,(H,18,19). The highest BCUT2D eigenvalue weighted by Crippen LogP contribution is 2.13. The highest BCUT2D eigenvalue weighted by atomic mass is 16.4. The van der Waals surface area contributed by atoms with Crippen molar-refractivity contribution in [2.75, 3.05) is 0 Å². The van der Waals surface area contributed by atoms with Crippen LogP contribution in [0.1, 0.15) is 23.8 Å². The summed E-state index contributed by atoms with van der Waals surface area (Å²) in [6, 6.07) is 6.47. The van der Waals surface area contributed by atoms with Crippen LogP contribution in [0.3, 0.4) is 0 Å². The molecule has 2 rings (SSSR count). The van der Waals surface area contributed by atoms with Gasteiger partial charge in [0.15, 0.2) is 5.69 Å². The highest BCUT2D eigenvalue weighted by Gasteiger charge is 2.15. The molecule has 0 fully saturated rings. The van der Waals surface area contributed by atoms with Crippen molar-refractivity contribution in [2.45, 2.75) is 26.0 Å². The average molecular weight is 262 g/mol. The molecule has 0 aliphatic heterocycles. The lowest BCUT2D eigenvalue weighted by molar-refractivity contribution is 0.0689. The van der Waals surface area contributed by atoms with Crippen LogP contribution < -0.4 is 5.56 Å². The number of aliphatic hydroxyl groups is 1. The van der Waals surface area contributed by atoms with Crippen molar-refractivity contribution in [1.82, 2.24) is 9.78 Å². The van der Waals surface area contributed by atoms with Gasteiger partial charge in [0.1, 0.15) is 0 Å². The predicted molar refractivity (Wildman–Crippen MR) is 69.3 cm³/mol. The zero-order chi connectivity index (χ0) is 14.0. The van der Waals surface area contributed by atoms with E-state index in [1.54, 1.807) is 31.2 Å². The van der Waals surface area contributed by atoms with E-state index in [1.165, 1.54) is 0 Å². The third-order valence-corrected chi connectivity index (χ3v) is 2.83. The molecule has 6 heteroatoms. The van der Waals surface area contributed by atoms with E-state index in [9.17, 15) is 14.7 Å². The van der Waals surface area contributed by atoms with E-state index in [2.05, 4.69) is 5.10 Å². The van der Waals surface area contributed by atoms with E-state index in [0.29, 0.717) is 17.2 Å².